The Morgan fingerprint density at radius 3 is 2.21 bits per heavy atom. The Balaban J connectivity index is 1.35. The summed E-state index contributed by atoms with van der Waals surface area (Å²) < 4.78 is 5.93. The summed E-state index contributed by atoms with van der Waals surface area (Å²) in [7, 11) is 0. The summed E-state index contributed by atoms with van der Waals surface area (Å²) in [5.74, 6) is 1.35. The molecule has 0 saturated carbocycles. The molecular formula is C22H16ClN3OS2. The first-order valence-corrected chi connectivity index (χ1v) is 11.3. The van der Waals surface area contributed by atoms with Crippen molar-refractivity contribution >= 4 is 46.5 Å². The normalized spacial score (nSPS) is 12.5. The van der Waals surface area contributed by atoms with E-state index in [1.807, 2.05) is 24.3 Å². The van der Waals surface area contributed by atoms with Gasteiger partial charge >= 0.3 is 0 Å². The molecule has 0 unspecified atom stereocenters. The minimum Gasteiger partial charge on any atom is -0.414 e. The van der Waals surface area contributed by atoms with Crippen LogP contribution in [0, 0.1) is 0 Å². The van der Waals surface area contributed by atoms with Gasteiger partial charge < -0.3 is 9.32 Å². The first-order chi connectivity index (χ1) is 14.3. The van der Waals surface area contributed by atoms with Crippen LogP contribution in [-0.4, -0.2) is 10.2 Å². The second kappa shape index (κ2) is 8.14. The lowest BCUT2D eigenvalue weighted by molar-refractivity contribution is 0.413. The van der Waals surface area contributed by atoms with Gasteiger partial charge in [0, 0.05) is 20.6 Å². The molecular weight excluding hydrogens is 422 g/mol. The van der Waals surface area contributed by atoms with Crippen LogP contribution in [0.4, 0.5) is 11.4 Å². The van der Waals surface area contributed by atoms with Gasteiger partial charge in [0.2, 0.25) is 5.89 Å². The smallest absolute Gasteiger partial charge is 0.276 e. The van der Waals surface area contributed by atoms with Crippen LogP contribution in [0.1, 0.15) is 11.5 Å². The highest BCUT2D eigenvalue weighted by Crippen LogP contribution is 2.48. The summed E-state index contributed by atoms with van der Waals surface area (Å²) in [5.41, 5.74) is 3.48. The molecule has 4 aromatic rings. The van der Waals surface area contributed by atoms with E-state index in [1.54, 1.807) is 11.8 Å². The van der Waals surface area contributed by atoms with Gasteiger partial charge in [-0.3, -0.25) is 0 Å². The van der Waals surface area contributed by atoms with E-state index in [0.29, 0.717) is 17.7 Å². The standard InChI is InChI=1S/C22H16ClN3OS2/c23-16-11-9-15(10-12-16)14-28-22-25-24-21(27-22)13-26-17-5-1-3-7-19(17)29-20-8-4-2-6-18(20)26/h1-12H,13-14H2. The van der Waals surface area contributed by atoms with Crippen molar-refractivity contribution in [2.45, 2.75) is 27.3 Å². The van der Waals surface area contributed by atoms with E-state index in [2.05, 4.69) is 63.6 Å². The van der Waals surface area contributed by atoms with Gasteiger partial charge in [0.25, 0.3) is 5.22 Å². The topological polar surface area (TPSA) is 42.2 Å². The van der Waals surface area contributed by atoms with Crippen molar-refractivity contribution in [3.05, 3.63) is 89.3 Å². The third-order valence-electron chi connectivity index (χ3n) is 4.55. The Labute approximate surface area is 182 Å². The molecule has 1 aliphatic heterocycles. The second-order valence-electron chi connectivity index (χ2n) is 6.50. The average Bonchev–Trinajstić information content (AvgIpc) is 3.21. The highest BCUT2D eigenvalue weighted by Gasteiger charge is 2.24. The number of halogens is 1. The van der Waals surface area contributed by atoms with E-state index in [4.69, 9.17) is 16.0 Å². The molecule has 0 spiro atoms. The Hall–Kier alpha value is -2.41. The van der Waals surface area contributed by atoms with Crippen molar-refractivity contribution in [1.29, 1.82) is 0 Å². The fourth-order valence-electron chi connectivity index (χ4n) is 3.17. The molecule has 1 aromatic heterocycles. The third-order valence-corrected chi connectivity index (χ3v) is 6.82. The highest BCUT2D eigenvalue weighted by atomic mass is 35.5. The predicted molar refractivity (Wildman–Crippen MR) is 118 cm³/mol. The molecule has 144 valence electrons. The molecule has 0 amide bonds. The predicted octanol–water partition coefficient (Wildman–Crippen LogP) is 6.82. The van der Waals surface area contributed by atoms with Crippen LogP contribution in [0.2, 0.25) is 5.02 Å². The summed E-state index contributed by atoms with van der Waals surface area (Å²) >= 11 is 9.26. The molecule has 0 radical (unpaired) electrons. The molecule has 5 rings (SSSR count). The van der Waals surface area contributed by atoms with Crippen molar-refractivity contribution in [2.24, 2.45) is 0 Å². The molecule has 3 aromatic carbocycles. The minimum absolute atomic E-state index is 0.531. The first-order valence-electron chi connectivity index (χ1n) is 9.09. The van der Waals surface area contributed by atoms with Gasteiger partial charge in [-0.2, -0.15) is 0 Å². The van der Waals surface area contributed by atoms with E-state index in [-0.39, 0.29) is 0 Å². The molecule has 29 heavy (non-hydrogen) atoms. The molecule has 0 bridgehead atoms. The Morgan fingerprint density at radius 1 is 0.862 bits per heavy atom. The molecule has 0 atom stereocenters. The van der Waals surface area contributed by atoms with E-state index in [0.717, 1.165) is 27.7 Å². The zero-order chi connectivity index (χ0) is 19.6. The van der Waals surface area contributed by atoms with Crippen LogP contribution in [0.3, 0.4) is 0 Å². The van der Waals surface area contributed by atoms with E-state index in [9.17, 15) is 0 Å². The minimum atomic E-state index is 0.531. The summed E-state index contributed by atoms with van der Waals surface area (Å²) in [6.07, 6.45) is 0. The molecule has 7 heteroatoms. The Bertz CT molecular complexity index is 1100. The molecule has 1 aliphatic rings. The summed E-state index contributed by atoms with van der Waals surface area (Å²) in [6.45, 7) is 0.531. The number of thioether (sulfide) groups is 1. The van der Waals surface area contributed by atoms with E-state index < -0.39 is 0 Å². The van der Waals surface area contributed by atoms with Crippen LogP contribution in [-0.2, 0) is 12.3 Å². The lowest BCUT2D eigenvalue weighted by atomic mass is 10.2. The van der Waals surface area contributed by atoms with Gasteiger partial charge in [0.1, 0.15) is 6.54 Å². The maximum Gasteiger partial charge on any atom is 0.276 e. The summed E-state index contributed by atoms with van der Waals surface area (Å²) in [6, 6.07) is 24.6. The zero-order valence-corrected chi connectivity index (χ0v) is 17.7. The van der Waals surface area contributed by atoms with Gasteiger partial charge in [0.15, 0.2) is 0 Å². The number of anilines is 2. The lowest BCUT2D eigenvalue weighted by Gasteiger charge is -2.31. The number of hydrogen-bond acceptors (Lipinski definition) is 6. The van der Waals surface area contributed by atoms with Crippen molar-refractivity contribution in [3.63, 3.8) is 0 Å². The summed E-state index contributed by atoms with van der Waals surface area (Å²) in [4.78, 5) is 4.69. The van der Waals surface area contributed by atoms with E-state index >= 15 is 0 Å². The quantitative estimate of drug-likeness (QED) is 0.319. The van der Waals surface area contributed by atoms with E-state index in [1.165, 1.54) is 21.6 Å². The third kappa shape index (κ3) is 4.01. The van der Waals surface area contributed by atoms with Crippen molar-refractivity contribution in [3.8, 4) is 0 Å². The fourth-order valence-corrected chi connectivity index (χ4v) is 5.13. The summed E-state index contributed by atoms with van der Waals surface area (Å²) in [5, 5.41) is 9.80. The number of nitrogens with zero attached hydrogens (tertiary/aromatic N) is 3. The number of para-hydroxylation sites is 2. The van der Waals surface area contributed by atoms with Crippen LogP contribution >= 0.6 is 35.1 Å². The largest absolute Gasteiger partial charge is 0.414 e. The van der Waals surface area contributed by atoms with Gasteiger partial charge in [-0.05, 0) is 42.0 Å². The number of benzene rings is 3. The number of hydrogen-bond donors (Lipinski definition) is 0. The highest BCUT2D eigenvalue weighted by molar-refractivity contribution is 7.99. The molecule has 0 N–H and O–H groups in total. The van der Waals surface area contributed by atoms with Gasteiger partial charge in [-0.15, -0.1) is 10.2 Å². The van der Waals surface area contributed by atoms with Crippen LogP contribution in [0.25, 0.3) is 0 Å². The van der Waals surface area contributed by atoms with Crippen molar-refractivity contribution in [1.82, 2.24) is 10.2 Å². The van der Waals surface area contributed by atoms with Gasteiger partial charge in [-0.25, -0.2) is 0 Å². The number of fused-ring (bicyclic) bond motifs is 2. The zero-order valence-electron chi connectivity index (χ0n) is 15.3. The molecule has 0 aliphatic carbocycles. The maximum atomic E-state index is 5.94. The number of aromatic nitrogens is 2. The van der Waals surface area contributed by atoms with Gasteiger partial charge in [-0.1, -0.05) is 71.5 Å². The molecule has 0 fully saturated rings. The maximum absolute atomic E-state index is 5.94. The van der Waals surface area contributed by atoms with Crippen LogP contribution in [0.5, 0.6) is 0 Å². The molecule has 2 heterocycles. The first kappa shape index (κ1) is 18.6. The van der Waals surface area contributed by atoms with Crippen molar-refractivity contribution in [2.75, 3.05) is 4.90 Å². The average molecular weight is 438 g/mol. The number of rotatable bonds is 5. The lowest BCUT2D eigenvalue weighted by Crippen LogP contribution is -2.20. The monoisotopic (exact) mass is 437 g/mol. The molecule has 4 nitrogen and oxygen atoms in total. The Kier molecular flexibility index (Phi) is 5.23. The van der Waals surface area contributed by atoms with Crippen LogP contribution < -0.4 is 4.90 Å². The SMILES string of the molecule is Clc1ccc(CSc2nnc(CN3c4ccccc4Sc4ccccc43)o2)cc1. The Morgan fingerprint density at radius 2 is 1.52 bits per heavy atom. The fraction of sp³-hybridized carbons (Fsp3) is 0.0909. The molecule has 0 saturated heterocycles. The van der Waals surface area contributed by atoms with Crippen molar-refractivity contribution < 1.29 is 4.42 Å². The van der Waals surface area contributed by atoms with Gasteiger partial charge in [0.05, 0.1) is 11.4 Å². The second-order valence-corrected chi connectivity index (χ2v) is 8.95. The van der Waals surface area contributed by atoms with Crippen LogP contribution in [0.15, 0.2) is 92.2 Å².